The molecule has 2 fully saturated rings. The van der Waals surface area contributed by atoms with Crippen LogP contribution in [0.15, 0.2) is 24.3 Å². The first-order valence-electron chi connectivity index (χ1n) is 12.1. The fraction of sp³-hybridized carbons (Fsp3) is 0.462. The Labute approximate surface area is 217 Å². The fourth-order valence-electron chi connectivity index (χ4n) is 5.12. The lowest BCUT2D eigenvalue weighted by Crippen LogP contribution is -2.53. The van der Waals surface area contributed by atoms with E-state index in [1.54, 1.807) is 30.7 Å². The highest BCUT2D eigenvalue weighted by molar-refractivity contribution is 6.38. The molecule has 0 unspecified atom stereocenters. The van der Waals surface area contributed by atoms with Crippen molar-refractivity contribution in [2.24, 2.45) is 7.05 Å². The van der Waals surface area contributed by atoms with Gasteiger partial charge in [-0.3, -0.25) is 9.69 Å². The predicted molar refractivity (Wildman–Crippen MR) is 135 cm³/mol. The Morgan fingerprint density at radius 2 is 1.81 bits per heavy atom. The molecule has 192 valence electrons. The molecule has 3 aromatic rings. The van der Waals surface area contributed by atoms with Gasteiger partial charge in [0, 0.05) is 50.7 Å². The summed E-state index contributed by atoms with van der Waals surface area (Å²) in [4.78, 5) is 22.2. The Hall–Kier alpha value is -2.29. The molecule has 1 amide bonds. The van der Waals surface area contributed by atoms with Gasteiger partial charge >= 0.3 is 6.18 Å². The molecule has 2 aromatic carbocycles. The normalized spacial score (nSPS) is 17.6. The largest absolute Gasteiger partial charge is 0.416 e. The van der Waals surface area contributed by atoms with Crippen molar-refractivity contribution >= 4 is 40.1 Å². The topological polar surface area (TPSA) is 41.4 Å². The molecular weight excluding hydrogens is 512 g/mol. The van der Waals surface area contributed by atoms with Crippen LogP contribution in [0.2, 0.25) is 10.0 Å². The predicted octanol–water partition coefficient (Wildman–Crippen LogP) is 6.11. The van der Waals surface area contributed by atoms with E-state index in [1.165, 1.54) is 19.3 Å². The van der Waals surface area contributed by atoms with Crippen molar-refractivity contribution in [3.63, 3.8) is 0 Å². The van der Waals surface area contributed by atoms with Crippen molar-refractivity contribution < 1.29 is 18.0 Å². The van der Waals surface area contributed by atoms with E-state index in [-0.39, 0.29) is 17.4 Å². The summed E-state index contributed by atoms with van der Waals surface area (Å²) in [5.41, 5.74) is 1.49. The lowest BCUT2D eigenvalue weighted by Gasteiger charge is -2.43. The number of rotatable bonds is 4. The van der Waals surface area contributed by atoms with Crippen LogP contribution < -0.4 is 0 Å². The number of benzene rings is 2. The van der Waals surface area contributed by atoms with Gasteiger partial charge in [0.2, 0.25) is 0 Å². The van der Waals surface area contributed by atoms with Crippen molar-refractivity contribution in [3.05, 3.63) is 62.4 Å². The first-order valence-corrected chi connectivity index (χ1v) is 12.8. The van der Waals surface area contributed by atoms with Crippen LogP contribution in [0.3, 0.4) is 0 Å². The molecule has 10 heteroatoms. The van der Waals surface area contributed by atoms with Gasteiger partial charge in [-0.2, -0.15) is 13.2 Å². The highest BCUT2D eigenvalue weighted by Crippen LogP contribution is 2.35. The summed E-state index contributed by atoms with van der Waals surface area (Å²) >= 11 is 13.2. The number of hydrogen-bond donors (Lipinski definition) is 0. The van der Waals surface area contributed by atoms with E-state index in [9.17, 15) is 18.0 Å². The Morgan fingerprint density at radius 3 is 2.42 bits per heavy atom. The molecule has 1 saturated heterocycles. The molecule has 1 aromatic heterocycles. The Bertz CT molecular complexity index is 1330. The summed E-state index contributed by atoms with van der Waals surface area (Å²) in [5.74, 6) is 0.372. The molecule has 2 aliphatic rings. The van der Waals surface area contributed by atoms with Crippen LogP contribution >= 0.6 is 23.2 Å². The maximum Gasteiger partial charge on any atom is 0.416 e. The SMILES string of the molecule is Cc1cc(C(F)(F)F)cc2c1nc(Cc1c(Cl)ccc(C(=O)N3CCN(C4CCC4)CC3)c1Cl)n2C. The van der Waals surface area contributed by atoms with E-state index in [2.05, 4.69) is 9.88 Å². The zero-order valence-corrected chi connectivity index (χ0v) is 21.6. The number of alkyl halides is 3. The lowest BCUT2D eigenvalue weighted by molar-refractivity contribution is -0.137. The molecule has 5 rings (SSSR count). The van der Waals surface area contributed by atoms with Crippen LogP contribution in [0.25, 0.3) is 11.0 Å². The third-order valence-electron chi connectivity index (χ3n) is 7.54. The van der Waals surface area contributed by atoms with Crippen LogP contribution in [0.5, 0.6) is 0 Å². The van der Waals surface area contributed by atoms with Crippen molar-refractivity contribution in [3.8, 4) is 0 Å². The maximum atomic E-state index is 13.3. The number of imidazole rings is 1. The van der Waals surface area contributed by atoms with E-state index in [1.807, 2.05) is 4.90 Å². The van der Waals surface area contributed by atoms with Gasteiger partial charge < -0.3 is 9.47 Å². The van der Waals surface area contributed by atoms with E-state index in [0.717, 1.165) is 25.2 Å². The number of amides is 1. The summed E-state index contributed by atoms with van der Waals surface area (Å²) in [6.45, 7) is 4.61. The molecule has 1 aliphatic carbocycles. The third kappa shape index (κ3) is 4.59. The number of carbonyl (C=O) groups excluding carboxylic acids is 1. The smallest absolute Gasteiger partial charge is 0.336 e. The Kier molecular flexibility index (Phi) is 6.72. The summed E-state index contributed by atoms with van der Waals surface area (Å²) in [7, 11) is 1.67. The summed E-state index contributed by atoms with van der Waals surface area (Å²) < 4.78 is 41.6. The second-order valence-electron chi connectivity index (χ2n) is 9.72. The second kappa shape index (κ2) is 9.54. The highest BCUT2D eigenvalue weighted by atomic mass is 35.5. The van der Waals surface area contributed by atoms with Gasteiger partial charge in [-0.25, -0.2) is 4.98 Å². The zero-order chi connectivity index (χ0) is 25.8. The number of piperazine rings is 1. The third-order valence-corrected chi connectivity index (χ3v) is 8.33. The van der Waals surface area contributed by atoms with E-state index in [4.69, 9.17) is 23.2 Å². The Morgan fingerprint density at radius 1 is 1.11 bits per heavy atom. The van der Waals surface area contributed by atoms with Crippen LogP contribution in [-0.4, -0.2) is 57.5 Å². The van der Waals surface area contributed by atoms with E-state index >= 15 is 0 Å². The van der Waals surface area contributed by atoms with E-state index < -0.39 is 11.7 Å². The molecule has 0 spiro atoms. The average molecular weight is 539 g/mol. The van der Waals surface area contributed by atoms with Gasteiger partial charge in [-0.15, -0.1) is 0 Å². The molecule has 36 heavy (non-hydrogen) atoms. The number of aromatic nitrogens is 2. The number of hydrogen-bond acceptors (Lipinski definition) is 3. The summed E-state index contributed by atoms with van der Waals surface area (Å²) in [6.07, 6.45) is -0.519. The molecule has 1 saturated carbocycles. The number of halogens is 5. The monoisotopic (exact) mass is 538 g/mol. The fourth-order valence-corrected chi connectivity index (χ4v) is 5.71. The van der Waals surface area contributed by atoms with Crippen LogP contribution in [-0.2, 0) is 19.6 Å². The minimum atomic E-state index is -4.45. The lowest BCUT2D eigenvalue weighted by atomic mass is 9.91. The molecule has 5 nitrogen and oxygen atoms in total. The van der Waals surface area contributed by atoms with Gasteiger partial charge in [-0.05, 0) is 55.2 Å². The Balaban J connectivity index is 1.41. The highest BCUT2D eigenvalue weighted by Gasteiger charge is 2.33. The molecule has 2 heterocycles. The number of carbonyl (C=O) groups is 1. The summed E-state index contributed by atoms with van der Waals surface area (Å²) in [5, 5.41) is 0.639. The summed E-state index contributed by atoms with van der Waals surface area (Å²) in [6, 6.07) is 6.14. The standard InChI is InChI=1S/C26H27Cl2F3N4O/c1-15-12-16(26(29,30)31)13-21-24(15)32-22(33(21)2)14-19-20(27)7-6-18(23(19)28)25(36)35-10-8-34(9-11-35)17-4-3-5-17/h6-7,12-13,17H,3-5,8-11,14H2,1-2H3. The quantitative estimate of drug-likeness (QED) is 0.402. The first kappa shape index (κ1) is 25.4. The maximum absolute atomic E-state index is 13.3. The van der Waals surface area contributed by atoms with Crippen molar-refractivity contribution in [2.45, 2.75) is 44.8 Å². The van der Waals surface area contributed by atoms with Gasteiger partial charge in [0.15, 0.2) is 0 Å². The minimum absolute atomic E-state index is 0.137. The van der Waals surface area contributed by atoms with Crippen LogP contribution in [0.4, 0.5) is 13.2 Å². The van der Waals surface area contributed by atoms with Crippen LogP contribution in [0.1, 0.15) is 52.1 Å². The zero-order valence-electron chi connectivity index (χ0n) is 20.1. The van der Waals surface area contributed by atoms with Gasteiger partial charge in [0.05, 0.1) is 27.2 Å². The number of nitrogens with zero attached hydrogens (tertiary/aromatic N) is 4. The van der Waals surface area contributed by atoms with Gasteiger partial charge in [0.25, 0.3) is 5.91 Å². The van der Waals surface area contributed by atoms with Gasteiger partial charge in [0.1, 0.15) is 5.82 Å². The van der Waals surface area contributed by atoms with E-state index in [0.29, 0.717) is 57.7 Å². The average Bonchev–Trinajstić information content (AvgIpc) is 3.11. The minimum Gasteiger partial charge on any atom is -0.336 e. The molecule has 0 atom stereocenters. The molecule has 1 aliphatic heterocycles. The van der Waals surface area contributed by atoms with Crippen molar-refractivity contribution in [2.75, 3.05) is 26.2 Å². The molecule has 0 radical (unpaired) electrons. The van der Waals surface area contributed by atoms with Gasteiger partial charge in [-0.1, -0.05) is 29.6 Å². The number of aryl methyl sites for hydroxylation is 2. The molecular formula is C26H27Cl2F3N4O. The van der Waals surface area contributed by atoms with Crippen molar-refractivity contribution in [1.29, 1.82) is 0 Å². The van der Waals surface area contributed by atoms with Crippen LogP contribution in [0, 0.1) is 6.92 Å². The van der Waals surface area contributed by atoms with Crippen molar-refractivity contribution in [1.82, 2.24) is 19.4 Å². The first-order chi connectivity index (χ1) is 17.0. The molecule has 0 N–H and O–H groups in total. The number of fused-ring (bicyclic) bond motifs is 1. The molecule has 0 bridgehead atoms. The second-order valence-corrected chi connectivity index (χ2v) is 10.5.